The molecule has 25 heavy (non-hydrogen) atoms. The smallest absolute Gasteiger partial charge is 0.254 e. The van der Waals surface area contributed by atoms with Gasteiger partial charge in [-0.15, -0.1) is 0 Å². The van der Waals surface area contributed by atoms with Gasteiger partial charge in [-0.25, -0.2) is 0 Å². The number of likely N-dealkylation sites (tertiary alicyclic amines) is 1. The number of carbonyl (C=O) groups excluding carboxylic acids is 2. The second-order valence-corrected chi connectivity index (χ2v) is 6.26. The predicted molar refractivity (Wildman–Crippen MR) is 93.6 cm³/mol. The average Bonchev–Trinajstić information content (AvgIpc) is 3.21. The van der Waals surface area contributed by atoms with Crippen molar-refractivity contribution in [3.05, 3.63) is 41.7 Å². The van der Waals surface area contributed by atoms with Crippen molar-refractivity contribution in [1.29, 1.82) is 0 Å². The van der Waals surface area contributed by atoms with Gasteiger partial charge in [-0.1, -0.05) is 6.07 Å². The number of anilines is 1. The highest BCUT2D eigenvalue weighted by atomic mass is 16.5. The summed E-state index contributed by atoms with van der Waals surface area (Å²) < 4.78 is 6.83. The third kappa shape index (κ3) is 3.65. The molecular weight excluding hydrogens is 320 g/mol. The van der Waals surface area contributed by atoms with Crippen molar-refractivity contribution in [2.45, 2.75) is 13.3 Å². The van der Waals surface area contributed by atoms with E-state index in [9.17, 15) is 9.59 Å². The first-order chi connectivity index (χ1) is 12.0. The van der Waals surface area contributed by atoms with Crippen molar-refractivity contribution < 1.29 is 14.3 Å². The predicted octanol–water partition coefficient (Wildman–Crippen LogP) is 1.84. The molecule has 2 heterocycles. The Balaban J connectivity index is 1.63. The third-order valence-corrected chi connectivity index (χ3v) is 4.43. The van der Waals surface area contributed by atoms with Gasteiger partial charge in [-0.05, 0) is 31.5 Å². The van der Waals surface area contributed by atoms with Crippen LogP contribution in [0.15, 0.2) is 30.5 Å². The van der Waals surface area contributed by atoms with E-state index in [2.05, 4.69) is 10.4 Å². The summed E-state index contributed by atoms with van der Waals surface area (Å²) in [5.74, 6) is 0.282. The first kappa shape index (κ1) is 17.0. The number of nitrogens with one attached hydrogen (secondary N) is 1. The number of nitrogens with zero attached hydrogens (tertiary/aromatic N) is 3. The summed E-state index contributed by atoms with van der Waals surface area (Å²) in [6.45, 7) is 2.84. The molecule has 0 bridgehead atoms. The van der Waals surface area contributed by atoms with E-state index in [1.54, 1.807) is 47.2 Å². The molecule has 1 aromatic carbocycles. The molecule has 1 atom stereocenters. The van der Waals surface area contributed by atoms with Crippen molar-refractivity contribution >= 4 is 17.5 Å². The summed E-state index contributed by atoms with van der Waals surface area (Å²) in [7, 11) is 3.38. The van der Waals surface area contributed by atoms with Crippen LogP contribution < -0.4 is 10.1 Å². The Morgan fingerprint density at radius 3 is 2.84 bits per heavy atom. The lowest BCUT2D eigenvalue weighted by Gasteiger charge is -2.17. The normalized spacial score (nSPS) is 16.8. The van der Waals surface area contributed by atoms with Crippen LogP contribution in [0.3, 0.4) is 0 Å². The van der Waals surface area contributed by atoms with Crippen LogP contribution in [0.1, 0.15) is 22.5 Å². The maximum Gasteiger partial charge on any atom is 0.254 e. The van der Waals surface area contributed by atoms with Crippen molar-refractivity contribution in [1.82, 2.24) is 14.7 Å². The zero-order chi connectivity index (χ0) is 18.0. The van der Waals surface area contributed by atoms with Crippen LogP contribution in [0, 0.1) is 12.8 Å². The van der Waals surface area contributed by atoms with Gasteiger partial charge < -0.3 is 15.0 Å². The minimum absolute atomic E-state index is 0.0722. The number of carbonyl (C=O) groups is 2. The number of aromatic nitrogens is 2. The number of amides is 2. The zero-order valence-electron chi connectivity index (χ0n) is 14.7. The molecule has 2 aromatic rings. The van der Waals surface area contributed by atoms with Crippen molar-refractivity contribution in [2.75, 3.05) is 25.5 Å². The van der Waals surface area contributed by atoms with E-state index in [-0.39, 0.29) is 17.7 Å². The van der Waals surface area contributed by atoms with Crippen LogP contribution in [-0.2, 0) is 11.8 Å². The van der Waals surface area contributed by atoms with Crippen LogP contribution in [0.4, 0.5) is 5.69 Å². The Hall–Kier alpha value is -2.83. The summed E-state index contributed by atoms with van der Waals surface area (Å²) in [5, 5.41) is 7.13. The standard InChI is InChI=1S/C18H22N4O3/c1-12-16(11-21(2)20-12)19-17(23)14-7-8-22(10-14)18(24)13-5-4-6-15(9-13)25-3/h4-6,9,11,14H,7-8,10H2,1-3H3,(H,19,23). The maximum atomic E-state index is 12.6. The molecule has 1 aliphatic rings. The summed E-state index contributed by atoms with van der Waals surface area (Å²) in [6.07, 6.45) is 2.43. The van der Waals surface area contributed by atoms with Crippen LogP contribution in [0.2, 0.25) is 0 Å². The molecule has 7 nitrogen and oxygen atoms in total. The second kappa shape index (κ2) is 6.96. The highest BCUT2D eigenvalue weighted by molar-refractivity contribution is 5.97. The number of hydrogen-bond donors (Lipinski definition) is 1. The van der Waals surface area contributed by atoms with Gasteiger partial charge in [0, 0.05) is 31.9 Å². The minimum Gasteiger partial charge on any atom is -0.497 e. The molecule has 132 valence electrons. The lowest BCUT2D eigenvalue weighted by Crippen LogP contribution is -2.31. The monoisotopic (exact) mass is 342 g/mol. The second-order valence-electron chi connectivity index (χ2n) is 6.26. The van der Waals surface area contributed by atoms with Gasteiger partial charge in [0.1, 0.15) is 5.75 Å². The number of rotatable bonds is 4. The number of benzene rings is 1. The summed E-state index contributed by atoms with van der Waals surface area (Å²) in [5.41, 5.74) is 2.06. The number of aryl methyl sites for hydroxylation is 2. The third-order valence-electron chi connectivity index (χ3n) is 4.43. The Labute approximate surface area is 146 Å². The highest BCUT2D eigenvalue weighted by Crippen LogP contribution is 2.22. The van der Waals surface area contributed by atoms with Gasteiger partial charge in [0.2, 0.25) is 5.91 Å². The first-order valence-electron chi connectivity index (χ1n) is 8.22. The van der Waals surface area contributed by atoms with Gasteiger partial charge in [0.15, 0.2) is 0 Å². The fraction of sp³-hybridized carbons (Fsp3) is 0.389. The molecule has 1 aliphatic heterocycles. The molecular formula is C18H22N4O3. The molecule has 1 unspecified atom stereocenters. The SMILES string of the molecule is COc1cccc(C(=O)N2CCC(C(=O)Nc3cn(C)nc3C)C2)c1. The fourth-order valence-corrected chi connectivity index (χ4v) is 3.05. The van der Waals surface area contributed by atoms with E-state index in [0.29, 0.717) is 36.5 Å². The Morgan fingerprint density at radius 2 is 2.16 bits per heavy atom. The molecule has 3 rings (SSSR count). The van der Waals surface area contributed by atoms with E-state index in [1.807, 2.05) is 14.0 Å². The average molecular weight is 342 g/mol. The molecule has 1 saturated heterocycles. The fourth-order valence-electron chi connectivity index (χ4n) is 3.05. The van der Waals surface area contributed by atoms with E-state index in [0.717, 1.165) is 5.69 Å². The maximum absolute atomic E-state index is 12.6. The number of methoxy groups -OCH3 is 1. The van der Waals surface area contributed by atoms with E-state index in [4.69, 9.17) is 4.74 Å². The Kier molecular flexibility index (Phi) is 4.74. The molecule has 0 spiro atoms. The quantitative estimate of drug-likeness (QED) is 0.920. The first-order valence-corrected chi connectivity index (χ1v) is 8.22. The molecule has 1 fully saturated rings. The van der Waals surface area contributed by atoms with E-state index in [1.165, 1.54) is 0 Å². The summed E-state index contributed by atoms with van der Waals surface area (Å²) in [6, 6.07) is 7.07. The van der Waals surface area contributed by atoms with Gasteiger partial charge in [-0.3, -0.25) is 14.3 Å². The molecule has 2 amide bonds. The number of ether oxygens (including phenoxy) is 1. The van der Waals surface area contributed by atoms with E-state index >= 15 is 0 Å². The van der Waals surface area contributed by atoms with Gasteiger partial charge in [0.25, 0.3) is 5.91 Å². The van der Waals surface area contributed by atoms with Crippen molar-refractivity contribution in [3.63, 3.8) is 0 Å². The molecule has 0 radical (unpaired) electrons. The lowest BCUT2D eigenvalue weighted by atomic mass is 10.1. The topological polar surface area (TPSA) is 76.5 Å². The minimum atomic E-state index is -0.214. The van der Waals surface area contributed by atoms with Gasteiger partial charge in [0.05, 0.1) is 24.4 Å². The van der Waals surface area contributed by atoms with Gasteiger partial charge in [-0.2, -0.15) is 5.10 Å². The van der Waals surface area contributed by atoms with Crippen molar-refractivity contribution in [2.24, 2.45) is 13.0 Å². The van der Waals surface area contributed by atoms with E-state index < -0.39 is 0 Å². The van der Waals surface area contributed by atoms with Gasteiger partial charge >= 0.3 is 0 Å². The summed E-state index contributed by atoms with van der Waals surface area (Å²) in [4.78, 5) is 26.8. The largest absolute Gasteiger partial charge is 0.497 e. The highest BCUT2D eigenvalue weighted by Gasteiger charge is 2.32. The Bertz CT molecular complexity index is 799. The zero-order valence-corrected chi connectivity index (χ0v) is 14.7. The molecule has 7 heteroatoms. The van der Waals surface area contributed by atoms with Crippen LogP contribution >= 0.6 is 0 Å². The lowest BCUT2D eigenvalue weighted by molar-refractivity contribution is -0.119. The van der Waals surface area contributed by atoms with Crippen molar-refractivity contribution in [3.8, 4) is 5.75 Å². The molecule has 1 aromatic heterocycles. The van der Waals surface area contributed by atoms with Crippen LogP contribution in [-0.4, -0.2) is 46.7 Å². The molecule has 0 aliphatic carbocycles. The van der Waals surface area contributed by atoms with Crippen LogP contribution in [0.25, 0.3) is 0 Å². The summed E-state index contributed by atoms with van der Waals surface area (Å²) >= 11 is 0. The molecule has 0 saturated carbocycles. The Morgan fingerprint density at radius 1 is 1.36 bits per heavy atom. The number of hydrogen-bond acceptors (Lipinski definition) is 4. The molecule has 1 N–H and O–H groups in total. The van der Waals surface area contributed by atoms with Crippen LogP contribution in [0.5, 0.6) is 5.75 Å².